The maximum Gasteiger partial charge on any atom is 0.255 e. The van der Waals surface area contributed by atoms with Crippen LogP contribution in [-0.4, -0.2) is 53.0 Å². The maximum absolute atomic E-state index is 13.6. The van der Waals surface area contributed by atoms with Crippen LogP contribution in [0.1, 0.15) is 42.6 Å². The van der Waals surface area contributed by atoms with Crippen molar-refractivity contribution in [1.82, 2.24) is 9.80 Å². The summed E-state index contributed by atoms with van der Waals surface area (Å²) in [5, 5.41) is 10.2. The first kappa shape index (κ1) is 24.7. The number of hydrogen-bond acceptors (Lipinski definition) is 4. The van der Waals surface area contributed by atoms with Gasteiger partial charge in [-0.1, -0.05) is 30.3 Å². The van der Waals surface area contributed by atoms with Gasteiger partial charge in [0.15, 0.2) is 0 Å². The van der Waals surface area contributed by atoms with Gasteiger partial charge in [0.2, 0.25) is 0 Å². The van der Waals surface area contributed by atoms with Gasteiger partial charge in [-0.2, -0.15) is 0 Å². The number of rotatable bonds is 8. The molecule has 1 aliphatic rings. The van der Waals surface area contributed by atoms with Crippen LogP contribution in [0.5, 0.6) is 5.75 Å². The molecule has 0 atom stereocenters. The van der Waals surface area contributed by atoms with Crippen molar-refractivity contribution < 1.29 is 14.3 Å². The number of carbonyl (C=O) groups excluding carboxylic acids is 1. The third-order valence-corrected chi connectivity index (χ3v) is 6.77. The van der Waals surface area contributed by atoms with Crippen LogP contribution in [0.2, 0.25) is 0 Å². The second kappa shape index (κ2) is 11.4. The number of likely N-dealkylation sites (tertiary alicyclic amines) is 1. The van der Waals surface area contributed by atoms with E-state index in [1.807, 2.05) is 61.2 Å². The van der Waals surface area contributed by atoms with E-state index in [0.717, 1.165) is 42.9 Å². The molecule has 1 saturated heterocycles. The van der Waals surface area contributed by atoms with Crippen molar-refractivity contribution in [1.29, 1.82) is 0 Å². The van der Waals surface area contributed by atoms with Crippen molar-refractivity contribution in [2.75, 3.05) is 31.1 Å². The Morgan fingerprint density at radius 1 is 0.971 bits per heavy atom. The van der Waals surface area contributed by atoms with E-state index in [9.17, 15) is 14.3 Å². The van der Waals surface area contributed by atoms with E-state index in [4.69, 9.17) is 0 Å². The Morgan fingerprint density at radius 3 is 2.37 bits per heavy atom. The molecule has 0 bridgehead atoms. The molecule has 0 saturated carbocycles. The SMILES string of the molecule is CCN(CC)C(=O)c1ccccc1N(c1cccc(O)c1)C1CCN(Cc2cccc(F)c2)CC1. The standard InChI is InChI=1S/C29H34FN3O2/c1-3-32(4-2)29(35)27-13-5-6-14-28(27)33(25-11-8-12-26(34)20-25)24-15-17-31(18-16-24)21-22-9-7-10-23(30)19-22/h5-14,19-20,24,34H,3-4,15-18,21H2,1-2H3. The highest BCUT2D eigenvalue weighted by Gasteiger charge is 2.29. The summed E-state index contributed by atoms with van der Waals surface area (Å²) in [7, 11) is 0. The molecule has 0 aliphatic carbocycles. The molecule has 5 nitrogen and oxygen atoms in total. The van der Waals surface area contributed by atoms with Gasteiger partial charge in [0.05, 0.1) is 11.3 Å². The van der Waals surface area contributed by atoms with Crippen LogP contribution in [0.15, 0.2) is 72.8 Å². The van der Waals surface area contributed by atoms with Crippen molar-refractivity contribution in [2.24, 2.45) is 0 Å². The molecule has 0 aromatic heterocycles. The smallest absolute Gasteiger partial charge is 0.255 e. The largest absolute Gasteiger partial charge is 0.508 e. The number of hydrogen-bond donors (Lipinski definition) is 1. The van der Waals surface area contributed by atoms with Gasteiger partial charge in [0.25, 0.3) is 5.91 Å². The van der Waals surface area contributed by atoms with Crippen LogP contribution >= 0.6 is 0 Å². The first-order chi connectivity index (χ1) is 17.0. The lowest BCUT2D eigenvalue weighted by atomic mass is 9.98. The minimum atomic E-state index is -0.207. The summed E-state index contributed by atoms with van der Waals surface area (Å²) >= 11 is 0. The van der Waals surface area contributed by atoms with Gasteiger partial charge >= 0.3 is 0 Å². The van der Waals surface area contributed by atoms with Crippen molar-refractivity contribution in [3.05, 3.63) is 89.7 Å². The van der Waals surface area contributed by atoms with Gasteiger partial charge in [-0.3, -0.25) is 9.69 Å². The van der Waals surface area contributed by atoms with E-state index in [1.54, 1.807) is 24.3 Å². The molecule has 4 rings (SSSR count). The molecule has 1 heterocycles. The average molecular weight is 476 g/mol. The maximum atomic E-state index is 13.6. The van der Waals surface area contributed by atoms with E-state index < -0.39 is 0 Å². The van der Waals surface area contributed by atoms with Crippen molar-refractivity contribution in [2.45, 2.75) is 39.3 Å². The number of anilines is 2. The third-order valence-electron chi connectivity index (χ3n) is 6.77. The molecular formula is C29H34FN3O2. The molecule has 3 aromatic rings. The lowest BCUT2D eigenvalue weighted by molar-refractivity contribution is 0.0773. The highest BCUT2D eigenvalue weighted by Crippen LogP contribution is 2.36. The van der Waals surface area contributed by atoms with Gasteiger partial charge in [-0.25, -0.2) is 4.39 Å². The lowest BCUT2D eigenvalue weighted by Crippen LogP contribution is -2.43. The highest BCUT2D eigenvalue weighted by atomic mass is 19.1. The summed E-state index contributed by atoms with van der Waals surface area (Å²) in [6, 6.07) is 22.0. The average Bonchev–Trinajstić information content (AvgIpc) is 2.86. The molecule has 0 unspecified atom stereocenters. The summed E-state index contributed by atoms with van der Waals surface area (Å²) < 4.78 is 13.6. The number of halogens is 1. The zero-order chi connectivity index (χ0) is 24.8. The van der Waals surface area contributed by atoms with Crippen molar-refractivity contribution in [3.8, 4) is 5.75 Å². The summed E-state index contributed by atoms with van der Waals surface area (Å²) in [6.45, 7) is 7.72. The molecular weight excluding hydrogens is 441 g/mol. The minimum absolute atomic E-state index is 0.0132. The first-order valence-corrected chi connectivity index (χ1v) is 12.4. The number of para-hydroxylation sites is 1. The Bertz CT molecular complexity index is 1140. The van der Waals surface area contributed by atoms with Crippen LogP contribution in [-0.2, 0) is 6.54 Å². The van der Waals surface area contributed by atoms with Crippen molar-refractivity contribution >= 4 is 17.3 Å². The molecule has 1 amide bonds. The summed E-state index contributed by atoms with van der Waals surface area (Å²) in [5.41, 5.74) is 3.37. The quantitative estimate of drug-likeness (QED) is 0.446. The summed E-state index contributed by atoms with van der Waals surface area (Å²) in [5.74, 6) is 0.00445. The zero-order valence-electron chi connectivity index (χ0n) is 20.5. The third kappa shape index (κ3) is 5.82. The Hall–Kier alpha value is -3.38. The molecule has 1 N–H and O–H groups in total. The number of phenolic OH excluding ortho intramolecular Hbond substituents is 1. The zero-order valence-corrected chi connectivity index (χ0v) is 20.5. The topological polar surface area (TPSA) is 47.0 Å². The molecule has 1 aliphatic heterocycles. The van der Waals surface area contributed by atoms with Gasteiger partial charge in [0.1, 0.15) is 11.6 Å². The Morgan fingerprint density at radius 2 is 1.69 bits per heavy atom. The molecule has 6 heteroatoms. The fourth-order valence-corrected chi connectivity index (χ4v) is 4.96. The molecule has 3 aromatic carbocycles. The minimum Gasteiger partial charge on any atom is -0.508 e. The number of nitrogens with zero attached hydrogens (tertiary/aromatic N) is 3. The van der Waals surface area contributed by atoms with Crippen LogP contribution in [0.25, 0.3) is 0 Å². The normalized spacial score (nSPS) is 14.6. The summed E-state index contributed by atoms with van der Waals surface area (Å²) in [4.78, 5) is 19.8. The van der Waals surface area contributed by atoms with Crippen LogP contribution in [0, 0.1) is 5.82 Å². The second-order valence-corrected chi connectivity index (χ2v) is 9.02. The molecule has 1 fully saturated rings. The fraction of sp³-hybridized carbons (Fsp3) is 0.345. The second-order valence-electron chi connectivity index (χ2n) is 9.02. The van der Waals surface area contributed by atoms with Crippen molar-refractivity contribution in [3.63, 3.8) is 0 Å². The van der Waals surface area contributed by atoms with E-state index >= 15 is 0 Å². The number of benzene rings is 3. The van der Waals surface area contributed by atoms with Crippen LogP contribution in [0.3, 0.4) is 0 Å². The van der Waals surface area contributed by atoms with Gasteiger partial charge in [-0.15, -0.1) is 0 Å². The number of carbonyl (C=O) groups is 1. The molecule has 0 radical (unpaired) electrons. The monoisotopic (exact) mass is 475 g/mol. The van der Waals surface area contributed by atoms with Crippen LogP contribution < -0.4 is 4.90 Å². The van der Waals surface area contributed by atoms with E-state index in [2.05, 4.69) is 9.80 Å². The summed E-state index contributed by atoms with van der Waals surface area (Å²) in [6.07, 6.45) is 1.78. The fourth-order valence-electron chi connectivity index (χ4n) is 4.96. The molecule has 35 heavy (non-hydrogen) atoms. The number of piperidine rings is 1. The van der Waals surface area contributed by atoms with E-state index in [0.29, 0.717) is 25.2 Å². The van der Waals surface area contributed by atoms with Gasteiger partial charge in [-0.05, 0) is 68.7 Å². The molecule has 184 valence electrons. The predicted molar refractivity (Wildman–Crippen MR) is 139 cm³/mol. The van der Waals surface area contributed by atoms with E-state index in [-0.39, 0.29) is 23.5 Å². The number of aromatic hydroxyl groups is 1. The van der Waals surface area contributed by atoms with E-state index in [1.165, 1.54) is 6.07 Å². The van der Waals surface area contributed by atoms with Gasteiger partial charge < -0.3 is 14.9 Å². The number of phenols is 1. The Balaban J connectivity index is 1.62. The van der Waals surface area contributed by atoms with Gasteiger partial charge in [0, 0.05) is 50.5 Å². The highest BCUT2D eigenvalue weighted by molar-refractivity contribution is 6.00. The Kier molecular flexibility index (Phi) is 8.03. The predicted octanol–water partition coefficient (Wildman–Crippen LogP) is 5.82. The number of amides is 1. The van der Waals surface area contributed by atoms with Crippen LogP contribution in [0.4, 0.5) is 15.8 Å². The first-order valence-electron chi connectivity index (χ1n) is 12.4. The Labute approximate surface area is 207 Å². The molecule has 0 spiro atoms. The lowest BCUT2D eigenvalue weighted by Gasteiger charge is -2.40.